The molecule has 0 unspecified atom stereocenters. The number of halogens is 2. The second kappa shape index (κ2) is 6.83. The molecular weight excluding hydrogens is 350 g/mol. The summed E-state index contributed by atoms with van der Waals surface area (Å²) in [6.45, 7) is 1.23. The molecule has 0 saturated carbocycles. The Bertz CT molecular complexity index is 1000. The fourth-order valence-corrected chi connectivity index (χ4v) is 3.29. The Morgan fingerprint density at radius 3 is 2.63 bits per heavy atom. The lowest BCUT2D eigenvalue weighted by Crippen LogP contribution is -2.32. The first kappa shape index (κ1) is 17.2. The van der Waals surface area contributed by atoms with E-state index in [0.29, 0.717) is 17.9 Å². The standard InChI is InChI=1S/C20H18F2N4O/c1-24-9-3-10-25(19-13-15(22)6-7-18(19)24)20(27)17-8-11-26(23-17)16-5-2-4-14(21)12-16/h2,4-8,11-13H,3,9-10H2,1H3. The summed E-state index contributed by atoms with van der Waals surface area (Å²) < 4.78 is 28.7. The minimum absolute atomic E-state index is 0.221. The van der Waals surface area contributed by atoms with Gasteiger partial charge in [0.2, 0.25) is 0 Å². The van der Waals surface area contributed by atoms with E-state index in [1.54, 1.807) is 35.4 Å². The highest BCUT2D eigenvalue weighted by molar-refractivity contribution is 6.06. The molecule has 2 aromatic carbocycles. The largest absolute Gasteiger partial charge is 0.373 e. The molecule has 0 spiro atoms. The van der Waals surface area contributed by atoms with Crippen LogP contribution in [0.3, 0.4) is 0 Å². The number of hydrogen-bond acceptors (Lipinski definition) is 3. The van der Waals surface area contributed by atoms with Gasteiger partial charge in [-0.2, -0.15) is 5.10 Å². The number of aromatic nitrogens is 2. The number of carbonyl (C=O) groups excluding carboxylic acids is 1. The number of carbonyl (C=O) groups is 1. The predicted molar refractivity (Wildman–Crippen MR) is 99.5 cm³/mol. The van der Waals surface area contributed by atoms with Gasteiger partial charge in [0.25, 0.3) is 5.91 Å². The Morgan fingerprint density at radius 1 is 1.00 bits per heavy atom. The van der Waals surface area contributed by atoms with Crippen molar-refractivity contribution >= 4 is 17.3 Å². The van der Waals surface area contributed by atoms with Crippen molar-refractivity contribution in [3.63, 3.8) is 0 Å². The molecule has 0 N–H and O–H groups in total. The second-order valence-electron chi connectivity index (χ2n) is 6.49. The highest BCUT2D eigenvalue weighted by Gasteiger charge is 2.26. The van der Waals surface area contributed by atoms with E-state index in [1.807, 2.05) is 11.9 Å². The number of amides is 1. The highest BCUT2D eigenvalue weighted by atomic mass is 19.1. The van der Waals surface area contributed by atoms with Crippen LogP contribution in [0.1, 0.15) is 16.9 Å². The second-order valence-corrected chi connectivity index (χ2v) is 6.49. The van der Waals surface area contributed by atoms with E-state index >= 15 is 0 Å². The van der Waals surface area contributed by atoms with Crippen molar-refractivity contribution in [2.45, 2.75) is 6.42 Å². The van der Waals surface area contributed by atoms with Crippen molar-refractivity contribution in [1.82, 2.24) is 9.78 Å². The number of benzene rings is 2. The van der Waals surface area contributed by atoms with Crippen molar-refractivity contribution in [1.29, 1.82) is 0 Å². The molecule has 138 valence electrons. The molecule has 1 aromatic heterocycles. The van der Waals surface area contributed by atoms with E-state index in [4.69, 9.17) is 0 Å². The van der Waals surface area contributed by atoms with E-state index < -0.39 is 5.82 Å². The molecule has 0 saturated heterocycles. The summed E-state index contributed by atoms with van der Waals surface area (Å²) >= 11 is 0. The first-order chi connectivity index (χ1) is 13.0. The molecule has 1 aliphatic heterocycles. The van der Waals surface area contributed by atoms with Crippen molar-refractivity contribution in [3.05, 3.63) is 72.1 Å². The third-order valence-electron chi connectivity index (χ3n) is 4.64. The molecule has 0 bridgehead atoms. The summed E-state index contributed by atoms with van der Waals surface area (Å²) in [5, 5.41) is 4.29. The molecule has 27 heavy (non-hydrogen) atoms. The van der Waals surface area contributed by atoms with Crippen LogP contribution in [0.25, 0.3) is 5.69 Å². The van der Waals surface area contributed by atoms with Gasteiger partial charge in [-0.3, -0.25) is 4.79 Å². The lowest BCUT2D eigenvalue weighted by atomic mass is 10.2. The van der Waals surface area contributed by atoms with Crippen molar-refractivity contribution in [3.8, 4) is 5.69 Å². The van der Waals surface area contributed by atoms with Crippen LogP contribution in [-0.4, -0.2) is 35.8 Å². The number of rotatable bonds is 2. The van der Waals surface area contributed by atoms with Gasteiger partial charge in [0.05, 0.1) is 17.1 Å². The predicted octanol–water partition coefficient (Wildman–Crippen LogP) is 3.64. The van der Waals surface area contributed by atoms with Crippen LogP contribution in [0.15, 0.2) is 54.7 Å². The third-order valence-corrected chi connectivity index (χ3v) is 4.64. The maximum Gasteiger partial charge on any atom is 0.278 e. The zero-order valence-corrected chi connectivity index (χ0v) is 14.8. The Hall–Kier alpha value is -3.22. The van der Waals surface area contributed by atoms with Gasteiger partial charge in [-0.1, -0.05) is 6.07 Å². The molecule has 1 aliphatic rings. The van der Waals surface area contributed by atoms with Gasteiger partial charge in [0, 0.05) is 26.3 Å². The number of nitrogens with zero attached hydrogens (tertiary/aromatic N) is 4. The topological polar surface area (TPSA) is 41.4 Å². The van der Waals surface area contributed by atoms with Crippen LogP contribution in [0.4, 0.5) is 20.2 Å². The van der Waals surface area contributed by atoms with Gasteiger partial charge in [0.15, 0.2) is 5.69 Å². The summed E-state index contributed by atoms with van der Waals surface area (Å²) in [4.78, 5) is 16.6. The molecule has 0 atom stereocenters. The fourth-order valence-electron chi connectivity index (χ4n) is 3.29. The Morgan fingerprint density at radius 2 is 1.81 bits per heavy atom. The van der Waals surface area contributed by atoms with Gasteiger partial charge in [-0.15, -0.1) is 0 Å². The summed E-state index contributed by atoms with van der Waals surface area (Å²) in [6, 6.07) is 12.0. The molecule has 1 amide bonds. The van der Waals surface area contributed by atoms with Gasteiger partial charge < -0.3 is 9.80 Å². The molecule has 0 radical (unpaired) electrons. The Kier molecular flexibility index (Phi) is 4.35. The van der Waals surface area contributed by atoms with E-state index in [9.17, 15) is 13.6 Å². The van der Waals surface area contributed by atoms with Gasteiger partial charge in [-0.25, -0.2) is 13.5 Å². The molecule has 5 nitrogen and oxygen atoms in total. The number of fused-ring (bicyclic) bond motifs is 1. The Balaban J connectivity index is 1.69. The first-order valence-electron chi connectivity index (χ1n) is 8.67. The van der Waals surface area contributed by atoms with E-state index in [0.717, 1.165) is 18.7 Å². The normalized spacial score (nSPS) is 14.0. The lowest BCUT2D eigenvalue weighted by Gasteiger charge is -2.23. The van der Waals surface area contributed by atoms with Crippen LogP contribution < -0.4 is 9.80 Å². The summed E-state index contributed by atoms with van der Waals surface area (Å²) in [6.07, 6.45) is 2.36. The van der Waals surface area contributed by atoms with Crippen LogP contribution in [0.2, 0.25) is 0 Å². The third kappa shape index (κ3) is 3.28. The molecular formula is C20H18F2N4O. The van der Waals surface area contributed by atoms with Gasteiger partial charge in [0.1, 0.15) is 11.6 Å². The fraction of sp³-hybridized carbons (Fsp3) is 0.200. The number of anilines is 2. The average Bonchev–Trinajstić information content (AvgIpc) is 3.09. The quantitative estimate of drug-likeness (QED) is 0.694. The summed E-state index contributed by atoms with van der Waals surface area (Å²) in [5.74, 6) is -1.09. The van der Waals surface area contributed by atoms with Crippen LogP contribution in [0, 0.1) is 11.6 Å². The molecule has 3 aromatic rings. The average molecular weight is 368 g/mol. The SMILES string of the molecule is CN1CCCN(C(=O)c2ccn(-c3cccc(F)c3)n2)c2cc(F)ccc21. The van der Waals surface area contributed by atoms with Crippen LogP contribution in [-0.2, 0) is 0 Å². The molecule has 0 aliphatic carbocycles. The van der Waals surface area contributed by atoms with E-state index in [2.05, 4.69) is 5.10 Å². The molecule has 7 heteroatoms. The summed E-state index contributed by atoms with van der Waals surface area (Å²) in [5.41, 5.74) is 2.07. The zero-order valence-electron chi connectivity index (χ0n) is 14.8. The molecule has 0 fully saturated rings. The van der Waals surface area contributed by atoms with E-state index in [1.165, 1.54) is 28.9 Å². The van der Waals surface area contributed by atoms with Crippen molar-refractivity contribution in [2.75, 3.05) is 29.9 Å². The Labute approximate surface area is 155 Å². The monoisotopic (exact) mass is 368 g/mol. The van der Waals surface area contributed by atoms with Crippen molar-refractivity contribution in [2.24, 2.45) is 0 Å². The van der Waals surface area contributed by atoms with Crippen molar-refractivity contribution < 1.29 is 13.6 Å². The van der Waals surface area contributed by atoms with E-state index in [-0.39, 0.29) is 17.4 Å². The van der Waals surface area contributed by atoms with Gasteiger partial charge in [-0.05, 0) is 48.9 Å². The zero-order chi connectivity index (χ0) is 19.0. The van der Waals surface area contributed by atoms with Crippen LogP contribution in [0.5, 0.6) is 0 Å². The minimum atomic E-state index is -0.396. The van der Waals surface area contributed by atoms with Gasteiger partial charge >= 0.3 is 0 Å². The maximum atomic E-state index is 13.8. The maximum absolute atomic E-state index is 13.8. The minimum Gasteiger partial charge on any atom is -0.373 e. The molecule has 2 heterocycles. The highest BCUT2D eigenvalue weighted by Crippen LogP contribution is 2.33. The lowest BCUT2D eigenvalue weighted by molar-refractivity contribution is 0.0982. The number of hydrogen-bond donors (Lipinski definition) is 0. The van der Waals surface area contributed by atoms with Crippen LogP contribution >= 0.6 is 0 Å². The smallest absolute Gasteiger partial charge is 0.278 e. The molecule has 4 rings (SSSR count). The first-order valence-corrected chi connectivity index (χ1v) is 8.67. The summed E-state index contributed by atoms with van der Waals surface area (Å²) in [7, 11) is 1.92.